The number of benzene rings is 1. The van der Waals surface area contributed by atoms with Crippen molar-refractivity contribution in [3.8, 4) is 17.0 Å². The van der Waals surface area contributed by atoms with Crippen molar-refractivity contribution in [1.29, 1.82) is 0 Å². The molecule has 0 spiro atoms. The third-order valence-corrected chi connectivity index (χ3v) is 5.36. The maximum absolute atomic E-state index is 12.3. The minimum atomic E-state index is -0.694. The average Bonchev–Trinajstić information content (AvgIpc) is 2.68. The van der Waals surface area contributed by atoms with E-state index in [1.807, 2.05) is 51.1 Å². The molecule has 0 amide bonds. The van der Waals surface area contributed by atoms with Crippen molar-refractivity contribution in [3.05, 3.63) is 48.8 Å². The topological polar surface area (TPSA) is 61.3 Å². The molecular weight excluding hydrogens is 360 g/mol. The van der Waals surface area contributed by atoms with Gasteiger partial charge in [0, 0.05) is 28.7 Å². The number of nitrogens with zero attached hydrogens (tertiary/aromatic N) is 2. The van der Waals surface area contributed by atoms with Gasteiger partial charge in [0.15, 0.2) is 0 Å². The number of carbonyl (C=O) groups excluding carboxylic acids is 1. The van der Waals surface area contributed by atoms with Crippen molar-refractivity contribution < 1.29 is 14.3 Å². The second kappa shape index (κ2) is 7.96. The number of rotatable bonds is 6. The average molecular weight is 382 g/mol. The second-order valence-electron chi connectivity index (χ2n) is 6.46. The van der Waals surface area contributed by atoms with Crippen LogP contribution in [-0.2, 0) is 9.53 Å². The number of thioether (sulfide) groups is 1. The third-order valence-electron chi connectivity index (χ3n) is 4.11. The van der Waals surface area contributed by atoms with Gasteiger partial charge in [-0.3, -0.25) is 9.78 Å². The summed E-state index contributed by atoms with van der Waals surface area (Å²) in [6.45, 7) is 5.93. The van der Waals surface area contributed by atoms with Crippen molar-refractivity contribution in [1.82, 2.24) is 9.97 Å². The predicted octanol–water partition coefficient (Wildman–Crippen LogP) is 4.74. The molecule has 0 aliphatic carbocycles. The molecule has 0 unspecified atom stereocenters. The maximum atomic E-state index is 12.3. The van der Waals surface area contributed by atoms with Crippen LogP contribution in [-0.4, -0.2) is 34.4 Å². The van der Waals surface area contributed by atoms with Crippen LogP contribution in [0.3, 0.4) is 0 Å². The van der Waals surface area contributed by atoms with Crippen LogP contribution in [0.5, 0.6) is 5.88 Å². The third kappa shape index (κ3) is 4.22. The molecule has 140 valence electrons. The van der Waals surface area contributed by atoms with Crippen molar-refractivity contribution >= 4 is 28.6 Å². The maximum Gasteiger partial charge on any atom is 0.321 e. The van der Waals surface area contributed by atoms with Crippen LogP contribution >= 0.6 is 11.8 Å². The van der Waals surface area contributed by atoms with Crippen LogP contribution in [0.25, 0.3) is 22.0 Å². The van der Waals surface area contributed by atoms with Crippen LogP contribution in [0.15, 0.2) is 53.7 Å². The van der Waals surface area contributed by atoms with Gasteiger partial charge < -0.3 is 9.47 Å². The summed E-state index contributed by atoms with van der Waals surface area (Å²) in [4.78, 5) is 21.9. The molecule has 3 rings (SSSR count). The van der Waals surface area contributed by atoms with E-state index in [0.717, 1.165) is 26.9 Å². The van der Waals surface area contributed by atoms with E-state index >= 15 is 0 Å². The molecule has 0 bridgehead atoms. The molecular formula is C21H22N2O3S. The number of pyridine rings is 2. The molecule has 2 heterocycles. The van der Waals surface area contributed by atoms with Crippen LogP contribution < -0.4 is 4.74 Å². The minimum absolute atomic E-state index is 0.227. The summed E-state index contributed by atoms with van der Waals surface area (Å²) < 4.78 is 9.74. The van der Waals surface area contributed by atoms with E-state index in [9.17, 15) is 4.79 Å². The van der Waals surface area contributed by atoms with E-state index in [4.69, 9.17) is 9.47 Å². The van der Waals surface area contributed by atoms with Gasteiger partial charge in [0.05, 0.1) is 19.2 Å². The Balaban J connectivity index is 2.03. The smallest absolute Gasteiger partial charge is 0.321 e. The van der Waals surface area contributed by atoms with Crippen molar-refractivity contribution in [2.24, 2.45) is 0 Å². The summed E-state index contributed by atoms with van der Waals surface area (Å²) >= 11 is 1.48. The number of hydrogen-bond acceptors (Lipinski definition) is 6. The van der Waals surface area contributed by atoms with E-state index in [1.54, 1.807) is 19.5 Å². The molecule has 5 nitrogen and oxygen atoms in total. The zero-order valence-electron chi connectivity index (χ0n) is 15.9. The number of aromatic nitrogens is 2. The summed E-state index contributed by atoms with van der Waals surface area (Å²) in [6, 6.07) is 11.9. The molecule has 0 aliphatic heterocycles. The Kier molecular flexibility index (Phi) is 5.65. The van der Waals surface area contributed by atoms with Gasteiger partial charge in [-0.15, -0.1) is 11.8 Å². The zero-order chi connectivity index (χ0) is 19.4. The van der Waals surface area contributed by atoms with E-state index in [1.165, 1.54) is 11.8 Å². The van der Waals surface area contributed by atoms with Crippen molar-refractivity contribution in [3.63, 3.8) is 0 Å². The zero-order valence-corrected chi connectivity index (χ0v) is 16.7. The predicted molar refractivity (Wildman–Crippen MR) is 108 cm³/mol. The Bertz CT molecular complexity index is 973. The fraction of sp³-hybridized carbons (Fsp3) is 0.286. The van der Waals surface area contributed by atoms with Crippen molar-refractivity contribution in [2.75, 3.05) is 13.7 Å². The van der Waals surface area contributed by atoms with Crippen LogP contribution in [0.2, 0.25) is 0 Å². The number of fused-ring (bicyclic) bond motifs is 1. The number of carbonyl (C=O) groups is 1. The lowest BCUT2D eigenvalue weighted by Gasteiger charge is -2.22. The summed E-state index contributed by atoms with van der Waals surface area (Å²) in [6.07, 6.45) is 3.49. The summed E-state index contributed by atoms with van der Waals surface area (Å²) in [5, 5.41) is 0.994. The van der Waals surface area contributed by atoms with Crippen LogP contribution in [0.1, 0.15) is 20.8 Å². The number of hydrogen-bond donors (Lipinski definition) is 0. The van der Waals surface area contributed by atoms with Gasteiger partial charge in [0.25, 0.3) is 0 Å². The highest BCUT2D eigenvalue weighted by molar-refractivity contribution is 8.01. The Hall–Kier alpha value is -2.60. The molecule has 0 saturated carbocycles. The Morgan fingerprint density at radius 3 is 2.56 bits per heavy atom. The second-order valence-corrected chi connectivity index (χ2v) is 8.13. The van der Waals surface area contributed by atoms with Gasteiger partial charge in [0.2, 0.25) is 5.88 Å². The lowest BCUT2D eigenvalue weighted by atomic mass is 10.0. The minimum Gasteiger partial charge on any atom is -0.481 e. The van der Waals surface area contributed by atoms with Gasteiger partial charge in [-0.1, -0.05) is 6.07 Å². The summed E-state index contributed by atoms with van der Waals surface area (Å²) in [7, 11) is 1.60. The standard InChI is InChI=1S/C21H22N2O3S/c1-5-26-20(24)21(2,3)27-18-9-11-22-17-7-6-14(12-16(17)18)15-8-10-23-19(13-15)25-4/h6-13H,5H2,1-4H3. The lowest BCUT2D eigenvalue weighted by Crippen LogP contribution is -2.29. The van der Waals surface area contributed by atoms with Crippen LogP contribution in [0.4, 0.5) is 0 Å². The fourth-order valence-electron chi connectivity index (χ4n) is 2.71. The first kappa shape index (κ1) is 19.2. The highest BCUT2D eigenvalue weighted by atomic mass is 32.2. The molecule has 0 atom stereocenters. The van der Waals surface area contributed by atoms with Crippen molar-refractivity contribution in [2.45, 2.75) is 30.4 Å². The highest BCUT2D eigenvalue weighted by Gasteiger charge is 2.31. The molecule has 0 saturated heterocycles. The fourth-order valence-corrected chi connectivity index (χ4v) is 3.81. The normalized spacial score (nSPS) is 11.4. The summed E-state index contributed by atoms with van der Waals surface area (Å²) in [5.74, 6) is 0.340. The molecule has 1 aromatic carbocycles. The first-order valence-corrected chi connectivity index (χ1v) is 9.51. The Morgan fingerprint density at radius 1 is 1.07 bits per heavy atom. The van der Waals surface area contributed by atoms with Gasteiger partial charge >= 0.3 is 5.97 Å². The first-order valence-electron chi connectivity index (χ1n) is 8.70. The van der Waals surface area contributed by atoms with E-state index in [0.29, 0.717) is 12.5 Å². The van der Waals surface area contributed by atoms with E-state index < -0.39 is 4.75 Å². The molecule has 3 aromatic rings. The monoisotopic (exact) mass is 382 g/mol. The number of esters is 1. The van der Waals surface area contributed by atoms with Gasteiger partial charge in [0.1, 0.15) is 4.75 Å². The highest BCUT2D eigenvalue weighted by Crippen LogP contribution is 2.38. The van der Waals surface area contributed by atoms with E-state index in [-0.39, 0.29) is 5.97 Å². The molecule has 0 aliphatic rings. The Labute approximate surface area is 163 Å². The first-order chi connectivity index (χ1) is 12.9. The molecule has 0 fully saturated rings. The number of ether oxygens (including phenoxy) is 2. The molecule has 0 radical (unpaired) electrons. The quantitative estimate of drug-likeness (QED) is 0.453. The molecule has 6 heteroatoms. The molecule has 2 aromatic heterocycles. The SMILES string of the molecule is CCOC(=O)C(C)(C)Sc1ccnc2ccc(-c3ccnc(OC)c3)cc12. The largest absolute Gasteiger partial charge is 0.481 e. The lowest BCUT2D eigenvalue weighted by molar-refractivity contribution is -0.145. The molecule has 0 N–H and O–H groups in total. The Morgan fingerprint density at radius 2 is 1.81 bits per heavy atom. The summed E-state index contributed by atoms with van der Waals surface area (Å²) in [5.41, 5.74) is 2.92. The van der Waals surface area contributed by atoms with Crippen LogP contribution in [0, 0.1) is 0 Å². The van der Waals surface area contributed by atoms with Gasteiger partial charge in [-0.2, -0.15) is 0 Å². The van der Waals surface area contributed by atoms with E-state index in [2.05, 4.69) is 16.0 Å². The molecule has 27 heavy (non-hydrogen) atoms. The number of methoxy groups -OCH3 is 1. The van der Waals surface area contributed by atoms with Gasteiger partial charge in [-0.05, 0) is 56.2 Å². The van der Waals surface area contributed by atoms with Gasteiger partial charge in [-0.25, -0.2) is 4.98 Å².